The molecule has 1 saturated heterocycles. The molecule has 4 rings (SSSR count). The highest BCUT2D eigenvalue weighted by atomic mass is 79.9. The number of likely N-dealkylation sites (tertiary alicyclic amines) is 1. The first kappa shape index (κ1) is 15.1. The maximum absolute atomic E-state index is 5.88. The molecule has 118 valence electrons. The van der Waals surface area contributed by atoms with Crippen LogP contribution in [0.1, 0.15) is 6.42 Å². The number of aromatic nitrogens is 1. The first-order valence-corrected chi connectivity index (χ1v) is 9.37. The van der Waals surface area contributed by atoms with Gasteiger partial charge in [-0.05, 0) is 61.4 Å². The quantitative estimate of drug-likeness (QED) is 0.626. The molecule has 23 heavy (non-hydrogen) atoms. The lowest BCUT2D eigenvalue weighted by Crippen LogP contribution is -2.39. The molecule has 3 aromatic rings. The number of hydrogen-bond donors (Lipinski definition) is 0. The van der Waals surface area contributed by atoms with Crippen LogP contribution in [0.3, 0.4) is 0 Å². The van der Waals surface area contributed by atoms with Crippen LogP contribution in [0.4, 0.5) is 0 Å². The Morgan fingerprint density at radius 2 is 1.96 bits per heavy atom. The van der Waals surface area contributed by atoms with Gasteiger partial charge in [0.05, 0.1) is 10.4 Å². The lowest BCUT2D eigenvalue weighted by atomic mass is 10.1. The van der Waals surface area contributed by atoms with Gasteiger partial charge in [0.1, 0.15) is 12.4 Å². The number of nitrogens with zero attached hydrogens (tertiary/aromatic N) is 2. The van der Waals surface area contributed by atoms with E-state index in [-0.39, 0.29) is 0 Å². The van der Waals surface area contributed by atoms with E-state index in [0.717, 1.165) is 34.6 Å². The van der Waals surface area contributed by atoms with Gasteiger partial charge >= 0.3 is 0 Å². The Bertz CT molecular complexity index is 812. The van der Waals surface area contributed by atoms with E-state index in [4.69, 9.17) is 4.74 Å². The van der Waals surface area contributed by atoms with Crippen molar-refractivity contribution in [2.45, 2.75) is 6.42 Å². The summed E-state index contributed by atoms with van der Waals surface area (Å²) in [7, 11) is 0. The Hall–Kier alpha value is -1.43. The van der Waals surface area contributed by atoms with E-state index < -0.39 is 0 Å². The molecular weight excluding hydrogens is 372 g/mol. The highest BCUT2D eigenvalue weighted by Crippen LogP contribution is 2.33. The second-order valence-corrected chi connectivity index (χ2v) is 7.46. The molecule has 0 unspecified atom stereocenters. The number of hydrogen-bond acceptors (Lipinski definition) is 4. The van der Waals surface area contributed by atoms with Crippen molar-refractivity contribution in [2.75, 3.05) is 26.2 Å². The Kier molecular flexibility index (Phi) is 4.33. The molecule has 0 bridgehead atoms. The van der Waals surface area contributed by atoms with Gasteiger partial charge in [-0.1, -0.05) is 28.1 Å². The van der Waals surface area contributed by atoms with Crippen LogP contribution in [0.25, 0.3) is 21.3 Å². The minimum absolute atomic E-state index is 0.754. The summed E-state index contributed by atoms with van der Waals surface area (Å²) in [6, 6.07) is 14.6. The number of ether oxygens (including phenoxy) is 1. The predicted octanol–water partition coefficient (Wildman–Crippen LogP) is 4.81. The molecule has 1 fully saturated rings. The highest BCUT2D eigenvalue weighted by Gasteiger charge is 2.13. The van der Waals surface area contributed by atoms with Crippen molar-refractivity contribution in [1.29, 1.82) is 0 Å². The number of benzene rings is 2. The molecule has 0 aliphatic carbocycles. The second kappa shape index (κ2) is 6.59. The number of halogens is 1. The van der Waals surface area contributed by atoms with Crippen LogP contribution in [0, 0.1) is 0 Å². The molecule has 0 atom stereocenters. The fourth-order valence-electron chi connectivity index (χ4n) is 2.72. The zero-order chi connectivity index (χ0) is 15.6. The average Bonchev–Trinajstić information content (AvgIpc) is 2.94. The minimum atomic E-state index is 0.754. The zero-order valence-electron chi connectivity index (χ0n) is 12.7. The molecule has 2 aromatic carbocycles. The molecule has 5 heteroatoms. The van der Waals surface area contributed by atoms with Gasteiger partial charge in [0.15, 0.2) is 0 Å². The third-order valence-corrected chi connectivity index (χ3v) is 5.52. The molecule has 0 spiro atoms. The molecule has 0 N–H and O–H groups in total. The lowest BCUT2D eigenvalue weighted by molar-refractivity contribution is 0.147. The summed E-state index contributed by atoms with van der Waals surface area (Å²) in [5.74, 6) is 0.934. The summed E-state index contributed by atoms with van der Waals surface area (Å²) in [4.78, 5) is 2.41. The monoisotopic (exact) mass is 388 g/mol. The van der Waals surface area contributed by atoms with E-state index in [0.29, 0.717) is 0 Å². The van der Waals surface area contributed by atoms with Gasteiger partial charge in [-0.25, -0.2) is 0 Å². The van der Waals surface area contributed by atoms with Crippen molar-refractivity contribution in [3.8, 4) is 17.0 Å². The van der Waals surface area contributed by atoms with Crippen molar-refractivity contribution in [2.24, 2.45) is 0 Å². The fraction of sp³-hybridized carbons (Fsp3) is 0.278. The van der Waals surface area contributed by atoms with Crippen LogP contribution in [-0.2, 0) is 0 Å². The summed E-state index contributed by atoms with van der Waals surface area (Å²) in [5, 5.41) is 1.19. The molecule has 1 aliphatic heterocycles. The van der Waals surface area contributed by atoms with Crippen molar-refractivity contribution in [1.82, 2.24) is 9.27 Å². The third kappa shape index (κ3) is 3.27. The van der Waals surface area contributed by atoms with Crippen LogP contribution in [0.15, 0.2) is 46.9 Å². The van der Waals surface area contributed by atoms with Gasteiger partial charge < -0.3 is 4.74 Å². The van der Waals surface area contributed by atoms with Crippen LogP contribution in [-0.4, -0.2) is 35.5 Å². The maximum Gasteiger partial charge on any atom is 0.120 e. The van der Waals surface area contributed by atoms with Gasteiger partial charge in [0, 0.05) is 22.0 Å². The molecule has 1 aromatic heterocycles. The van der Waals surface area contributed by atoms with Gasteiger partial charge in [-0.15, -0.1) is 0 Å². The fourth-order valence-corrected chi connectivity index (χ4v) is 3.81. The topological polar surface area (TPSA) is 25.4 Å². The molecular formula is C18H17BrN2OS. The molecule has 2 heterocycles. The van der Waals surface area contributed by atoms with Crippen LogP contribution >= 0.6 is 27.5 Å². The van der Waals surface area contributed by atoms with Gasteiger partial charge in [-0.2, -0.15) is 4.37 Å². The summed E-state index contributed by atoms with van der Waals surface area (Å²) in [5.41, 5.74) is 2.19. The van der Waals surface area contributed by atoms with E-state index in [1.807, 2.05) is 12.1 Å². The van der Waals surface area contributed by atoms with Crippen LogP contribution in [0.2, 0.25) is 0 Å². The van der Waals surface area contributed by atoms with E-state index in [2.05, 4.69) is 55.5 Å². The average molecular weight is 389 g/mol. The number of rotatable bonds is 5. The van der Waals surface area contributed by atoms with E-state index >= 15 is 0 Å². The summed E-state index contributed by atoms with van der Waals surface area (Å²) in [6.45, 7) is 4.20. The van der Waals surface area contributed by atoms with Crippen molar-refractivity contribution >= 4 is 37.5 Å². The van der Waals surface area contributed by atoms with E-state index in [1.165, 1.54) is 41.1 Å². The largest absolute Gasteiger partial charge is 0.492 e. The summed E-state index contributed by atoms with van der Waals surface area (Å²) in [6.07, 6.45) is 1.33. The Morgan fingerprint density at radius 1 is 1.13 bits per heavy atom. The van der Waals surface area contributed by atoms with Gasteiger partial charge in [0.2, 0.25) is 0 Å². The molecule has 1 aliphatic rings. The highest BCUT2D eigenvalue weighted by molar-refractivity contribution is 9.10. The van der Waals surface area contributed by atoms with E-state index in [9.17, 15) is 0 Å². The van der Waals surface area contributed by atoms with Crippen molar-refractivity contribution in [3.05, 3.63) is 46.9 Å². The first-order valence-electron chi connectivity index (χ1n) is 7.80. The summed E-state index contributed by atoms with van der Waals surface area (Å²) < 4.78 is 12.8. The molecule has 3 nitrogen and oxygen atoms in total. The normalized spacial score (nSPS) is 14.8. The van der Waals surface area contributed by atoms with Crippen LogP contribution in [0.5, 0.6) is 5.75 Å². The first-order chi connectivity index (χ1) is 11.3. The third-order valence-electron chi connectivity index (χ3n) is 4.19. The Labute approximate surface area is 148 Å². The predicted molar refractivity (Wildman–Crippen MR) is 99.3 cm³/mol. The van der Waals surface area contributed by atoms with Gasteiger partial charge in [-0.3, -0.25) is 4.90 Å². The number of fused-ring (bicyclic) bond motifs is 1. The molecule has 0 saturated carbocycles. The second-order valence-electron chi connectivity index (χ2n) is 5.74. The smallest absolute Gasteiger partial charge is 0.120 e. The molecule has 0 radical (unpaired) electrons. The Balaban J connectivity index is 1.52. The van der Waals surface area contributed by atoms with Crippen LogP contribution < -0.4 is 4.74 Å². The van der Waals surface area contributed by atoms with Crippen molar-refractivity contribution < 1.29 is 4.74 Å². The zero-order valence-corrected chi connectivity index (χ0v) is 15.1. The SMILES string of the molecule is Brc1ccc(-c2nsc3cc(OCCN4CCC4)ccc23)cc1. The van der Waals surface area contributed by atoms with Crippen molar-refractivity contribution in [3.63, 3.8) is 0 Å². The molecule has 0 amide bonds. The Morgan fingerprint density at radius 3 is 2.70 bits per heavy atom. The standard InChI is InChI=1S/C18H17BrN2OS/c19-14-4-2-13(3-5-14)18-16-7-6-15(12-17(16)23-20-18)22-11-10-21-8-1-9-21/h2-7,12H,1,8-11H2. The summed E-state index contributed by atoms with van der Waals surface area (Å²) >= 11 is 5.00. The van der Waals surface area contributed by atoms with E-state index in [1.54, 1.807) is 0 Å². The minimum Gasteiger partial charge on any atom is -0.492 e. The maximum atomic E-state index is 5.88. The van der Waals surface area contributed by atoms with Gasteiger partial charge in [0.25, 0.3) is 0 Å². The lowest BCUT2D eigenvalue weighted by Gasteiger charge is -2.30.